The van der Waals surface area contributed by atoms with Crippen molar-refractivity contribution in [3.63, 3.8) is 0 Å². The van der Waals surface area contributed by atoms with Crippen LogP contribution in [0.2, 0.25) is 5.02 Å². The number of halogens is 1. The fourth-order valence-corrected chi connectivity index (χ4v) is 1.26. The smallest absolute Gasteiger partial charge is 0.271 e. The van der Waals surface area contributed by atoms with Gasteiger partial charge in [0.1, 0.15) is 0 Å². The topological polar surface area (TPSA) is 65.2 Å². The minimum atomic E-state index is -0.622. The number of aromatic nitrogens is 1. The molecule has 0 aliphatic heterocycles. The SMILES string of the molecule is NC(=O)c1nccc(Cl)c1OC1CC1. The van der Waals surface area contributed by atoms with Gasteiger partial charge in [-0.1, -0.05) is 11.6 Å². The molecular formula is C9H9ClN2O2. The zero-order valence-corrected chi connectivity index (χ0v) is 8.12. The second-order valence-electron chi connectivity index (χ2n) is 3.15. The molecule has 0 bridgehead atoms. The van der Waals surface area contributed by atoms with Crippen LogP contribution in [0.4, 0.5) is 0 Å². The van der Waals surface area contributed by atoms with Crippen molar-refractivity contribution in [3.8, 4) is 5.75 Å². The van der Waals surface area contributed by atoms with Gasteiger partial charge in [0.25, 0.3) is 5.91 Å². The van der Waals surface area contributed by atoms with Crippen LogP contribution in [0.5, 0.6) is 5.75 Å². The summed E-state index contributed by atoms with van der Waals surface area (Å²) in [6, 6.07) is 1.58. The van der Waals surface area contributed by atoms with E-state index in [1.807, 2.05) is 0 Å². The van der Waals surface area contributed by atoms with Gasteiger partial charge in [-0.2, -0.15) is 0 Å². The predicted octanol–water partition coefficient (Wildman–Crippen LogP) is 1.38. The molecule has 0 saturated heterocycles. The lowest BCUT2D eigenvalue weighted by atomic mass is 10.3. The average Bonchev–Trinajstić information content (AvgIpc) is 2.91. The highest BCUT2D eigenvalue weighted by atomic mass is 35.5. The van der Waals surface area contributed by atoms with E-state index in [1.165, 1.54) is 6.20 Å². The van der Waals surface area contributed by atoms with Crippen molar-refractivity contribution in [2.45, 2.75) is 18.9 Å². The largest absolute Gasteiger partial charge is 0.486 e. The number of amides is 1. The van der Waals surface area contributed by atoms with Crippen LogP contribution in [-0.4, -0.2) is 17.0 Å². The van der Waals surface area contributed by atoms with Gasteiger partial charge >= 0.3 is 0 Å². The van der Waals surface area contributed by atoms with Crippen LogP contribution in [0, 0.1) is 0 Å². The first-order chi connectivity index (χ1) is 6.68. The van der Waals surface area contributed by atoms with Crippen molar-refractivity contribution in [1.29, 1.82) is 0 Å². The lowest BCUT2D eigenvalue weighted by Crippen LogP contribution is -2.15. The number of nitrogens with two attached hydrogens (primary N) is 1. The number of nitrogens with zero attached hydrogens (tertiary/aromatic N) is 1. The summed E-state index contributed by atoms with van der Waals surface area (Å²) < 4.78 is 5.45. The van der Waals surface area contributed by atoms with Crippen molar-refractivity contribution in [2.24, 2.45) is 5.73 Å². The zero-order valence-electron chi connectivity index (χ0n) is 7.37. The molecule has 0 radical (unpaired) electrons. The molecule has 1 amide bonds. The number of ether oxygens (including phenoxy) is 1. The summed E-state index contributed by atoms with van der Waals surface area (Å²) in [5.74, 6) is -0.313. The normalized spacial score (nSPS) is 15.2. The number of rotatable bonds is 3. The number of carbonyl (C=O) groups is 1. The molecule has 0 aromatic carbocycles. The Hall–Kier alpha value is -1.29. The number of hydrogen-bond donors (Lipinski definition) is 1. The Balaban J connectivity index is 2.36. The molecule has 0 atom stereocenters. The minimum absolute atomic E-state index is 0.101. The molecule has 5 heteroatoms. The Morgan fingerprint density at radius 2 is 2.36 bits per heavy atom. The summed E-state index contributed by atoms with van der Waals surface area (Å²) >= 11 is 5.87. The molecule has 2 N–H and O–H groups in total. The highest BCUT2D eigenvalue weighted by Gasteiger charge is 2.27. The average molecular weight is 213 g/mol. The molecule has 0 spiro atoms. The summed E-state index contributed by atoms with van der Waals surface area (Å²) in [5, 5.41) is 0.376. The maximum atomic E-state index is 11.0. The van der Waals surface area contributed by atoms with Gasteiger partial charge in [0.15, 0.2) is 11.4 Å². The summed E-state index contributed by atoms with van der Waals surface area (Å²) in [4.78, 5) is 14.8. The molecule has 1 heterocycles. The maximum Gasteiger partial charge on any atom is 0.271 e. The van der Waals surface area contributed by atoms with E-state index in [0.29, 0.717) is 10.8 Å². The Morgan fingerprint density at radius 3 is 2.93 bits per heavy atom. The molecule has 2 rings (SSSR count). The summed E-state index contributed by atoms with van der Waals surface area (Å²) in [5.41, 5.74) is 5.24. The monoisotopic (exact) mass is 212 g/mol. The van der Waals surface area contributed by atoms with E-state index in [4.69, 9.17) is 22.1 Å². The van der Waals surface area contributed by atoms with Crippen molar-refractivity contribution in [1.82, 2.24) is 4.98 Å². The quantitative estimate of drug-likeness (QED) is 0.823. The first-order valence-corrected chi connectivity index (χ1v) is 4.67. The lowest BCUT2D eigenvalue weighted by molar-refractivity contribution is 0.0991. The Morgan fingerprint density at radius 1 is 1.64 bits per heavy atom. The summed E-state index contributed by atoms with van der Waals surface area (Å²) in [6.45, 7) is 0. The third kappa shape index (κ3) is 1.80. The minimum Gasteiger partial charge on any atom is -0.486 e. The Labute approximate surface area is 86.0 Å². The van der Waals surface area contributed by atoms with E-state index in [0.717, 1.165) is 12.8 Å². The third-order valence-electron chi connectivity index (χ3n) is 1.90. The second kappa shape index (κ2) is 3.46. The molecule has 14 heavy (non-hydrogen) atoms. The molecule has 74 valence electrons. The zero-order chi connectivity index (χ0) is 10.1. The fourth-order valence-electron chi connectivity index (χ4n) is 1.06. The summed E-state index contributed by atoms with van der Waals surface area (Å²) in [6.07, 6.45) is 3.57. The van der Waals surface area contributed by atoms with E-state index < -0.39 is 5.91 Å². The standard InChI is InChI=1S/C9H9ClN2O2/c10-6-3-4-12-7(9(11)13)8(6)14-5-1-2-5/h3-5H,1-2H2,(H2,11,13). The highest BCUT2D eigenvalue weighted by molar-refractivity contribution is 6.32. The first-order valence-electron chi connectivity index (χ1n) is 4.29. The van der Waals surface area contributed by atoms with E-state index in [9.17, 15) is 4.79 Å². The molecule has 1 fully saturated rings. The van der Waals surface area contributed by atoms with Crippen LogP contribution >= 0.6 is 11.6 Å². The van der Waals surface area contributed by atoms with E-state index in [2.05, 4.69) is 4.98 Å². The van der Waals surface area contributed by atoms with Gasteiger partial charge in [0.2, 0.25) is 0 Å². The van der Waals surface area contributed by atoms with Gasteiger partial charge < -0.3 is 10.5 Å². The second-order valence-corrected chi connectivity index (χ2v) is 3.56. The van der Waals surface area contributed by atoms with Gasteiger partial charge in [-0.3, -0.25) is 4.79 Å². The van der Waals surface area contributed by atoms with Crippen LogP contribution in [0.3, 0.4) is 0 Å². The van der Waals surface area contributed by atoms with E-state index in [1.54, 1.807) is 6.07 Å². The van der Waals surface area contributed by atoms with Crippen LogP contribution in [0.1, 0.15) is 23.3 Å². The van der Waals surface area contributed by atoms with E-state index >= 15 is 0 Å². The number of primary amides is 1. The van der Waals surface area contributed by atoms with Crippen molar-refractivity contribution >= 4 is 17.5 Å². The van der Waals surface area contributed by atoms with Crippen molar-refractivity contribution in [3.05, 3.63) is 23.0 Å². The fraction of sp³-hybridized carbons (Fsp3) is 0.333. The molecule has 1 aliphatic carbocycles. The molecule has 1 saturated carbocycles. The van der Waals surface area contributed by atoms with Crippen LogP contribution in [0.15, 0.2) is 12.3 Å². The van der Waals surface area contributed by atoms with Gasteiger partial charge in [-0.15, -0.1) is 0 Å². The van der Waals surface area contributed by atoms with Crippen molar-refractivity contribution < 1.29 is 9.53 Å². The molecule has 1 aliphatic rings. The van der Waals surface area contributed by atoms with Gasteiger partial charge in [-0.05, 0) is 18.9 Å². The molecule has 1 aromatic rings. The number of pyridine rings is 1. The van der Waals surface area contributed by atoms with Crippen LogP contribution < -0.4 is 10.5 Å². The lowest BCUT2D eigenvalue weighted by Gasteiger charge is -2.08. The van der Waals surface area contributed by atoms with E-state index in [-0.39, 0.29) is 11.8 Å². The molecule has 1 aromatic heterocycles. The van der Waals surface area contributed by atoms with Crippen LogP contribution in [-0.2, 0) is 0 Å². The van der Waals surface area contributed by atoms with Crippen molar-refractivity contribution in [2.75, 3.05) is 0 Å². The maximum absolute atomic E-state index is 11.0. The third-order valence-corrected chi connectivity index (χ3v) is 2.20. The van der Waals surface area contributed by atoms with Gasteiger partial charge in [-0.25, -0.2) is 4.98 Å². The van der Waals surface area contributed by atoms with Gasteiger partial charge in [0.05, 0.1) is 11.1 Å². The Bertz CT molecular complexity index is 377. The highest BCUT2D eigenvalue weighted by Crippen LogP contribution is 2.33. The number of carbonyl (C=O) groups excluding carboxylic acids is 1. The molecule has 4 nitrogen and oxygen atoms in total. The predicted molar refractivity (Wildman–Crippen MR) is 51.4 cm³/mol. The Kier molecular flexibility index (Phi) is 2.29. The molecule has 0 unspecified atom stereocenters. The number of hydrogen-bond acceptors (Lipinski definition) is 3. The first kappa shape index (κ1) is 9.27. The summed E-state index contributed by atoms with van der Waals surface area (Å²) in [7, 11) is 0. The van der Waals surface area contributed by atoms with Gasteiger partial charge in [0, 0.05) is 6.20 Å². The molecular weight excluding hydrogens is 204 g/mol. The van der Waals surface area contributed by atoms with Crippen LogP contribution in [0.25, 0.3) is 0 Å².